The Kier molecular flexibility index (Phi) is 3.87. The summed E-state index contributed by atoms with van der Waals surface area (Å²) in [4.78, 5) is 22.3. The van der Waals surface area contributed by atoms with Crippen LogP contribution in [0, 0.1) is 0 Å². The second-order valence-corrected chi connectivity index (χ2v) is 5.40. The zero-order chi connectivity index (χ0) is 15.5. The summed E-state index contributed by atoms with van der Waals surface area (Å²) in [6.07, 6.45) is 6.83. The smallest absolute Gasteiger partial charge is 0.328 e. The Labute approximate surface area is 127 Å². The van der Waals surface area contributed by atoms with Crippen molar-refractivity contribution in [3.05, 3.63) is 57.4 Å². The number of benzene rings is 1. The Bertz CT molecular complexity index is 806. The molecule has 1 aliphatic carbocycles. The van der Waals surface area contributed by atoms with E-state index in [2.05, 4.69) is 22.3 Å². The second kappa shape index (κ2) is 5.97. The molecule has 5 heteroatoms. The van der Waals surface area contributed by atoms with Crippen molar-refractivity contribution in [1.29, 1.82) is 0 Å². The van der Waals surface area contributed by atoms with Crippen molar-refractivity contribution in [3.8, 4) is 11.3 Å². The monoisotopic (exact) mass is 296 g/mol. The highest BCUT2D eigenvalue weighted by atomic mass is 16.4. The molecule has 2 N–H and O–H groups in total. The van der Waals surface area contributed by atoms with E-state index in [1.807, 2.05) is 6.07 Å². The van der Waals surface area contributed by atoms with Crippen LogP contribution in [0.25, 0.3) is 17.3 Å². The number of hydrogen-bond donors (Lipinski definition) is 2. The number of nitrogens with zero attached hydrogens (tertiary/aromatic N) is 1. The molecule has 0 bridgehead atoms. The van der Waals surface area contributed by atoms with Gasteiger partial charge in [0, 0.05) is 17.2 Å². The summed E-state index contributed by atoms with van der Waals surface area (Å²) in [5.74, 6) is -1.09. The van der Waals surface area contributed by atoms with Crippen LogP contribution < -0.4 is 5.56 Å². The molecule has 5 nitrogen and oxygen atoms in total. The summed E-state index contributed by atoms with van der Waals surface area (Å²) in [5.41, 5.74) is 4.16. The predicted octanol–water partition coefficient (Wildman–Crippen LogP) is 2.41. The molecule has 0 saturated carbocycles. The van der Waals surface area contributed by atoms with Crippen LogP contribution in [0.2, 0.25) is 0 Å². The second-order valence-electron chi connectivity index (χ2n) is 5.40. The third-order valence-electron chi connectivity index (χ3n) is 3.88. The molecule has 0 unspecified atom stereocenters. The van der Waals surface area contributed by atoms with Crippen LogP contribution in [-0.2, 0) is 17.6 Å². The van der Waals surface area contributed by atoms with Gasteiger partial charge < -0.3 is 5.11 Å². The van der Waals surface area contributed by atoms with Crippen LogP contribution in [0.5, 0.6) is 0 Å². The summed E-state index contributed by atoms with van der Waals surface area (Å²) in [5, 5.41) is 15.2. The number of carboxylic acids is 1. The number of carbonyl (C=O) groups is 1. The number of aryl methyl sites for hydroxylation is 2. The first-order valence-electron chi connectivity index (χ1n) is 7.26. The standard InChI is InChI=1S/C17H16N2O3/c20-16(21)8-7-14-10-15(18-19-17(14)22)13-6-5-11-3-1-2-4-12(11)9-13/h5-10H,1-4H2,(H,19,22)(H,20,21)/b8-7+. The number of rotatable bonds is 3. The number of H-pyrrole nitrogens is 1. The van der Waals surface area contributed by atoms with E-state index in [1.54, 1.807) is 6.07 Å². The third kappa shape index (κ3) is 2.98. The molecular weight excluding hydrogens is 280 g/mol. The van der Waals surface area contributed by atoms with Crippen molar-refractivity contribution in [2.75, 3.05) is 0 Å². The maximum atomic E-state index is 11.7. The van der Waals surface area contributed by atoms with Gasteiger partial charge in [0.15, 0.2) is 0 Å². The molecule has 0 radical (unpaired) electrons. The zero-order valence-electron chi connectivity index (χ0n) is 12.0. The summed E-state index contributed by atoms with van der Waals surface area (Å²) in [7, 11) is 0. The maximum Gasteiger partial charge on any atom is 0.328 e. The topological polar surface area (TPSA) is 83.0 Å². The quantitative estimate of drug-likeness (QED) is 0.852. The fourth-order valence-corrected chi connectivity index (χ4v) is 2.75. The van der Waals surface area contributed by atoms with E-state index in [9.17, 15) is 9.59 Å². The van der Waals surface area contributed by atoms with E-state index in [1.165, 1.54) is 30.0 Å². The average Bonchev–Trinajstić information content (AvgIpc) is 2.53. The predicted molar refractivity (Wildman–Crippen MR) is 83.6 cm³/mol. The molecule has 0 saturated heterocycles. The van der Waals surface area contributed by atoms with Gasteiger partial charge >= 0.3 is 5.97 Å². The Hall–Kier alpha value is -2.69. The summed E-state index contributed by atoms with van der Waals surface area (Å²) in [6.45, 7) is 0. The molecule has 1 aromatic heterocycles. The number of nitrogens with one attached hydrogen (secondary N) is 1. The van der Waals surface area contributed by atoms with Crippen LogP contribution in [0.15, 0.2) is 35.1 Å². The Morgan fingerprint density at radius 3 is 2.73 bits per heavy atom. The van der Waals surface area contributed by atoms with Gasteiger partial charge in [0.25, 0.3) is 5.56 Å². The lowest BCUT2D eigenvalue weighted by molar-refractivity contribution is -0.131. The van der Waals surface area contributed by atoms with Gasteiger partial charge in [-0.1, -0.05) is 12.1 Å². The molecule has 0 atom stereocenters. The van der Waals surface area contributed by atoms with E-state index in [-0.39, 0.29) is 5.56 Å². The van der Waals surface area contributed by atoms with Gasteiger partial charge in [0.1, 0.15) is 0 Å². The van der Waals surface area contributed by atoms with Crippen LogP contribution in [0.1, 0.15) is 29.5 Å². The highest BCUT2D eigenvalue weighted by Gasteiger charge is 2.11. The molecule has 0 amide bonds. The summed E-state index contributed by atoms with van der Waals surface area (Å²) < 4.78 is 0. The molecule has 0 fully saturated rings. The zero-order valence-corrected chi connectivity index (χ0v) is 12.0. The summed E-state index contributed by atoms with van der Waals surface area (Å²) >= 11 is 0. The number of aromatic nitrogens is 2. The lowest BCUT2D eigenvalue weighted by atomic mass is 9.90. The maximum absolute atomic E-state index is 11.7. The largest absolute Gasteiger partial charge is 0.478 e. The van der Waals surface area contributed by atoms with Gasteiger partial charge in [-0.3, -0.25) is 4.79 Å². The number of fused-ring (bicyclic) bond motifs is 1. The molecule has 22 heavy (non-hydrogen) atoms. The van der Waals surface area contributed by atoms with E-state index in [0.29, 0.717) is 5.69 Å². The first kappa shape index (κ1) is 14.3. The van der Waals surface area contributed by atoms with E-state index >= 15 is 0 Å². The minimum absolute atomic E-state index is 0.283. The molecule has 1 aromatic carbocycles. The van der Waals surface area contributed by atoms with Crippen molar-refractivity contribution in [1.82, 2.24) is 10.2 Å². The van der Waals surface area contributed by atoms with E-state index in [4.69, 9.17) is 5.11 Å². The minimum atomic E-state index is -1.09. The first-order chi connectivity index (χ1) is 10.6. The molecular formula is C17H16N2O3. The molecule has 3 rings (SSSR count). The fourth-order valence-electron chi connectivity index (χ4n) is 2.75. The molecule has 0 aliphatic heterocycles. The van der Waals surface area contributed by atoms with Crippen LogP contribution in [-0.4, -0.2) is 21.3 Å². The van der Waals surface area contributed by atoms with Crippen LogP contribution in [0.4, 0.5) is 0 Å². The van der Waals surface area contributed by atoms with Gasteiger partial charge in [0.05, 0.1) is 5.69 Å². The van der Waals surface area contributed by atoms with Crippen molar-refractivity contribution < 1.29 is 9.90 Å². The first-order valence-corrected chi connectivity index (χ1v) is 7.26. The highest BCUT2D eigenvalue weighted by Crippen LogP contribution is 2.26. The molecule has 112 valence electrons. The van der Waals surface area contributed by atoms with Gasteiger partial charge in [-0.05, 0) is 55.0 Å². The number of hydrogen-bond acceptors (Lipinski definition) is 3. The van der Waals surface area contributed by atoms with Gasteiger partial charge in [0.2, 0.25) is 0 Å². The fraction of sp³-hybridized carbons (Fsp3) is 0.235. The third-order valence-corrected chi connectivity index (χ3v) is 3.88. The normalized spacial score (nSPS) is 14.0. The lowest BCUT2D eigenvalue weighted by Gasteiger charge is -2.16. The molecule has 1 heterocycles. The van der Waals surface area contributed by atoms with Gasteiger partial charge in [-0.25, -0.2) is 9.89 Å². The molecule has 0 spiro atoms. The van der Waals surface area contributed by atoms with Crippen LogP contribution >= 0.6 is 0 Å². The average molecular weight is 296 g/mol. The van der Waals surface area contributed by atoms with Gasteiger partial charge in [-0.2, -0.15) is 5.10 Å². The minimum Gasteiger partial charge on any atom is -0.478 e. The molecule has 2 aromatic rings. The van der Waals surface area contributed by atoms with Crippen molar-refractivity contribution in [2.24, 2.45) is 0 Å². The van der Waals surface area contributed by atoms with E-state index < -0.39 is 11.5 Å². The highest BCUT2D eigenvalue weighted by molar-refractivity contribution is 5.85. The SMILES string of the molecule is O=C(O)/C=C/c1cc(-c2ccc3c(c2)CCCC3)n[nH]c1=O. The van der Waals surface area contributed by atoms with Crippen LogP contribution in [0.3, 0.4) is 0 Å². The van der Waals surface area contributed by atoms with Crippen molar-refractivity contribution in [3.63, 3.8) is 0 Å². The van der Waals surface area contributed by atoms with E-state index in [0.717, 1.165) is 24.5 Å². The van der Waals surface area contributed by atoms with Crippen molar-refractivity contribution >= 4 is 12.0 Å². The Morgan fingerprint density at radius 1 is 1.18 bits per heavy atom. The lowest BCUT2D eigenvalue weighted by Crippen LogP contribution is -2.12. The number of carboxylic acid groups (broad SMARTS) is 1. The Morgan fingerprint density at radius 2 is 1.95 bits per heavy atom. The van der Waals surface area contributed by atoms with Crippen molar-refractivity contribution in [2.45, 2.75) is 25.7 Å². The summed E-state index contributed by atoms with van der Waals surface area (Å²) in [6, 6.07) is 7.83. The number of aromatic amines is 1. The molecule has 1 aliphatic rings. The Balaban J connectivity index is 2.00. The number of aliphatic carboxylic acids is 1. The van der Waals surface area contributed by atoms with Gasteiger partial charge in [-0.15, -0.1) is 0 Å².